The van der Waals surface area contributed by atoms with Crippen LogP contribution in [-0.4, -0.2) is 38.9 Å². The summed E-state index contributed by atoms with van der Waals surface area (Å²) in [6.45, 7) is 4.84. The van der Waals surface area contributed by atoms with Gasteiger partial charge in [-0.3, -0.25) is 4.99 Å². The number of para-hydroxylation sites is 1. The fraction of sp³-hybridized carbons (Fsp3) is 0.611. The minimum absolute atomic E-state index is 0. The van der Waals surface area contributed by atoms with Crippen molar-refractivity contribution in [3.63, 3.8) is 0 Å². The zero-order chi connectivity index (χ0) is 16.3. The Bertz CT molecular complexity index is 491. The molecular formula is C18H30IN3O2. The lowest BCUT2D eigenvalue weighted by Crippen LogP contribution is -2.38. The quantitative estimate of drug-likeness (QED) is 0.278. The molecule has 0 heterocycles. The van der Waals surface area contributed by atoms with Crippen molar-refractivity contribution in [2.45, 2.75) is 45.3 Å². The molecule has 1 aromatic carbocycles. The molecule has 2 rings (SSSR count). The van der Waals surface area contributed by atoms with Crippen LogP contribution in [0.15, 0.2) is 29.3 Å². The molecule has 0 saturated heterocycles. The standard InChI is InChI=1S/C18H29N3O2.HI/c1-3-22-13-12-20-18(19-2)21-14-15-8-4-7-11-17(15)23-16-9-5-6-10-16;/h4,7-8,11,16H,3,5-6,9-10,12-14H2,1-2H3,(H2,19,20,21);1H. The monoisotopic (exact) mass is 447 g/mol. The van der Waals surface area contributed by atoms with Crippen LogP contribution in [0.5, 0.6) is 5.75 Å². The summed E-state index contributed by atoms with van der Waals surface area (Å²) in [5, 5.41) is 6.57. The molecular weight excluding hydrogens is 417 g/mol. The van der Waals surface area contributed by atoms with E-state index in [1.807, 2.05) is 19.1 Å². The van der Waals surface area contributed by atoms with E-state index in [0.717, 1.165) is 30.4 Å². The van der Waals surface area contributed by atoms with E-state index in [0.29, 0.717) is 19.3 Å². The highest BCUT2D eigenvalue weighted by molar-refractivity contribution is 14.0. The molecule has 0 amide bonds. The van der Waals surface area contributed by atoms with Gasteiger partial charge in [-0.1, -0.05) is 18.2 Å². The highest BCUT2D eigenvalue weighted by atomic mass is 127. The zero-order valence-corrected chi connectivity index (χ0v) is 17.0. The number of nitrogens with zero attached hydrogens (tertiary/aromatic N) is 1. The van der Waals surface area contributed by atoms with Crippen LogP contribution in [-0.2, 0) is 11.3 Å². The first kappa shape index (κ1) is 21.0. The van der Waals surface area contributed by atoms with Gasteiger partial charge >= 0.3 is 0 Å². The van der Waals surface area contributed by atoms with Crippen LogP contribution in [0.25, 0.3) is 0 Å². The minimum atomic E-state index is 0. The molecule has 5 nitrogen and oxygen atoms in total. The molecule has 0 aliphatic heterocycles. The maximum atomic E-state index is 6.17. The van der Waals surface area contributed by atoms with Gasteiger partial charge in [-0.2, -0.15) is 0 Å². The Balaban J connectivity index is 0.00000288. The Kier molecular flexibility index (Phi) is 10.8. The predicted molar refractivity (Wildman–Crippen MR) is 109 cm³/mol. The van der Waals surface area contributed by atoms with Crippen LogP contribution in [0.4, 0.5) is 0 Å². The van der Waals surface area contributed by atoms with Crippen molar-refractivity contribution in [3.05, 3.63) is 29.8 Å². The number of guanidine groups is 1. The largest absolute Gasteiger partial charge is 0.490 e. The molecule has 6 heteroatoms. The highest BCUT2D eigenvalue weighted by Gasteiger charge is 2.17. The summed E-state index contributed by atoms with van der Waals surface area (Å²) in [4.78, 5) is 4.23. The van der Waals surface area contributed by atoms with Crippen molar-refractivity contribution in [3.8, 4) is 5.75 Å². The molecule has 0 radical (unpaired) electrons. The first-order chi connectivity index (χ1) is 11.3. The smallest absolute Gasteiger partial charge is 0.191 e. The summed E-state index contributed by atoms with van der Waals surface area (Å²) in [7, 11) is 1.77. The topological polar surface area (TPSA) is 54.9 Å². The summed E-state index contributed by atoms with van der Waals surface area (Å²) in [5.41, 5.74) is 1.16. The van der Waals surface area contributed by atoms with E-state index in [2.05, 4.69) is 27.8 Å². The average Bonchev–Trinajstić information content (AvgIpc) is 3.08. The molecule has 1 aliphatic rings. The van der Waals surface area contributed by atoms with Crippen LogP contribution in [0.2, 0.25) is 0 Å². The van der Waals surface area contributed by atoms with Gasteiger partial charge in [-0.15, -0.1) is 24.0 Å². The number of rotatable bonds is 8. The average molecular weight is 447 g/mol. The van der Waals surface area contributed by atoms with Gasteiger partial charge in [0.2, 0.25) is 0 Å². The fourth-order valence-electron chi connectivity index (χ4n) is 2.74. The third-order valence-electron chi connectivity index (χ3n) is 3.98. The van der Waals surface area contributed by atoms with Crippen LogP contribution in [0, 0.1) is 0 Å². The van der Waals surface area contributed by atoms with Crippen LogP contribution in [0.1, 0.15) is 38.2 Å². The van der Waals surface area contributed by atoms with Crippen LogP contribution >= 0.6 is 24.0 Å². The summed E-state index contributed by atoms with van der Waals surface area (Å²) >= 11 is 0. The number of hydrogen-bond donors (Lipinski definition) is 2. The minimum Gasteiger partial charge on any atom is -0.490 e. The molecule has 136 valence electrons. The van der Waals surface area contributed by atoms with E-state index in [1.165, 1.54) is 25.7 Å². The van der Waals surface area contributed by atoms with Crippen molar-refractivity contribution >= 4 is 29.9 Å². The van der Waals surface area contributed by atoms with E-state index in [1.54, 1.807) is 7.05 Å². The van der Waals surface area contributed by atoms with Crippen molar-refractivity contribution in [1.29, 1.82) is 0 Å². The maximum Gasteiger partial charge on any atom is 0.191 e. The molecule has 2 N–H and O–H groups in total. The lowest BCUT2D eigenvalue weighted by Gasteiger charge is -2.18. The molecule has 24 heavy (non-hydrogen) atoms. The van der Waals surface area contributed by atoms with E-state index in [4.69, 9.17) is 9.47 Å². The Hall–Kier alpha value is -1.02. The number of benzene rings is 1. The molecule has 0 unspecified atom stereocenters. The predicted octanol–water partition coefficient (Wildman–Crippen LogP) is 3.33. The van der Waals surface area contributed by atoms with Gasteiger partial charge in [-0.05, 0) is 38.7 Å². The zero-order valence-electron chi connectivity index (χ0n) is 14.7. The van der Waals surface area contributed by atoms with Crippen molar-refractivity contribution < 1.29 is 9.47 Å². The molecule has 1 fully saturated rings. The Labute approximate surface area is 162 Å². The number of aliphatic imine (C=N–C) groups is 1. The molecule has 1 aromatic rings. The van der Waals surface area contributed by atoms with Gasteiger partial charge in [0, 0.05) is 32.3 Å². The molecule has 0 aromatic heterocycles. The van der Waals surface area contributed by atoms with Crippen LogP contribution in [0.3, 0.4) is 0 Å². The summed E-state index contributed by atoms with van der Waals surface area (Å²) in [6, 6.07) is 8.23. The number of nitrogens with one attached hydrogen (secondary N) is 2. The third-order valence-corrected chi connectivity index (χ3v) is 3.98. The summed E-state index contributed by atoms with van der Waals surface area (Å²) < 4.78 is 11.5. The second kappa shape index (κ2) is 12.4. The van der Waals surface area contributed by atoms with Gasteiger partial charge in [-0.25, -0.2) is 0 Å². The van der Waals surface area contributed by atoms with Crippen molar-refractivity contribution in [2.24, 2.45) is 4.99 Å². The van der Waals surface area contributed by atoms with Gasteiger partial charge in [0.25, 0.3) is 0 Å². The van der Waals surface area contributed by atoms with Crippen molar-refractivity contribution in [2.75, 3.05) is 26.8 Å². The van der Waals surface area contributed by atoms with E-state index < -0.39 is 0 Å². The molecule has 0 bridgehead atoms. The lowest BCUT2D eigenvalue weighted by atomic mass is 10.2. The van der Waals surface area contributed by atoms with E-state index in [9.17, 15) is 0 Å². The first-order valence-electron chi connectivity index (χ1n) is 8.60. The first-order valence-corrected chi connectivity index (χ1v) is 8.60. The summed E-state index contributed by atoms with van der Waals surface area (Å²) in [5.74, 6) is 1.76. The van der Waals surface area contributed by atoms with Gasteiger partial charge < -0.3 is 20.1 Å². The van der Waals surface area contributed by atoms with E-state index in [-0.39, 0.29) is 24.0 Å². The molecule has 1 aliphatic carbocycles. The van der Waals surface area contributed by atoms with Gasteiger partial charge in [0.15, 0.2) is 5.96 Å². The van der Waals surface area contributed by atoms with E-state index >= 15 is 0 Å². The van der Waals surface area contributed by atoms with Crippen LogP contribution < -0.4 is 15.4 Å². The molecule has 0 spiro atoms. The Morgan fingerprint density at radius 2 is 1.96 bits per heavy atom. The Morgan fingerprint density at radius 3 is 2.67 bits per heavy atom. The van der Waals surface area contributed by atoms with Gasteiger partial charge in [0.05, 0.1) is 12.7 Å². The molecule has 1 saturated carbocycles. The second-order valence-electron chi connectivity index (χ2n) is 5.68. The SMILES string of the molecule is CCOCCNC(=NC)NCc1ccccc1OC1CCCC1.I. The third kappa shape index (κ3) is 7.25. The fourth-order valence-corrected chi connectivity index (χ4v) is 2.74. The number of halogens is 1. The normalized spacial score (nSPS) is 15.0. The second-order valence-corrected chi connectivity index (χ2v) is 5.68. The summed E-state index contributed by atoms with van der Waals surface area (Å²) in [6.07, 6.45) is 5.27. The maximum absolute atomic E-state index is 6.17. The molecule has 0 atom stereocenters. The van der Waals surface area contributed by atoms with Crippen molar-refractivity contribution in [1.82, 2.24) is 10.6 Å². The number of hydrogen-bond acceptors (Lipinski definition) is 3. The number of ether oxygens (including phenoxy) is 2. The lowest BCUT2D eigenvalue weighted by molar-refractivity contribution is 0.152. The highest BCUT2D eigenvalue weighted by Crippen LogP contribution is 2.26. The Morgan fingerprint density at radius 1 is 1.21 bits per heavy atom. The van der Waals surface area contributed by atoms with Gasteiger partial charge in [0.1, 0.15) is 5.75 Å².